The second-order valence-electron chi connectivity index (χ2n) is 4.79. The van der Waals surface area contributed by atoms with E-state index in [-0.39, 0.29) is 17.8 Å². The average Bonchev–Trinajstić information content (AvgIpc) is 2.95. The molecule has 2 rings (SSSR count). The van der Waals surface area contributed by atoms with Crippen LogP contribution in [0.25, 0.3) is 0 Å². The lowest BCUT2D eigenvalue weighted by Crippen LogP contribution is -2.38. The molecule has 2 heterocycles. The lowest BCUT2D eigenvalue weighted by molar-refractivity contribution is -0.120. The number of carbonyl (C=O) groups is 1. The zero-order valence-corrected chi connectivity index (χ0v) is 11.8. The van der Waals surface area contributed by atoms with Gasteiger partial charge < -0.3 is 9.26 Å². The van der Waals surface area contributed by atoms with Crippen LogP contribution >= 0.6 is 0 Å². The number of Topliss-reactive ketones (excluding diaryl/α,β-unsaturated/α-hetero) is 1. The van der Waals surface area contributed by atoms with Gasteiger partial charge in [0.05, 0.1) is 12.5 Å². The maximum absolute atomic E-state index is 11.6. The summed E-state index contributed by atoms with van der Waals surface area (Å²) in [5.74, 6) is 0.704. The van der Waals surface area contributed by atoms with Gasteiger partial charge in [0.25, 0.3) is 0 Å². The summed E-state index contributed by atoms with van der Waals surface area (Å²) in [7, 11) is 0. The van der Waals surface area contributed by atoms with Crippen LogP contribution in [0.3, 0.4) is 0 Å². The Balaban J connectivity index is 2.06. The Morgan fingerprint density at radius 3 is 3.00 bits per heavy atom. The monoisotopic (exact) mass is 267 g/mol. The molecule has 0 aromatic carbocycles. The molecular weight excluding hydrogens is 246 g/mol. The van der Waals surface area contributed by atoms with Crippen molar-refractivity contribution in [1.82, 2.24) is 15.0 Å². The minimum absolute atomic E-state index is 0.106. The highest BCUT2D eigenvalue weighted by atomic mass is 16.5. The van der Waals surface area contributed by atoms with Gasteiger partial charge in [-0.3, -0.25) is 9.69 Å². The van der Waals surface area contributed by atoms with Crippen LogP contribution in [-0.2, 0) is 9.53 Å². The lowest BCUT2D eigenvalue weighted by Gasteiger charge is -2.30. The fraction of sp³-hybridized carbons (Fsp3) is 0.769. The quantitative estimate of drug-likeness (QED) is 0.806. The number of ketones is 1. The first kappa shape index (κ1) is 14.1. The molecule has 0 amide bonds. The third-order valence-corrected chi connectivity index (χ3v) is 3.55. The van der Waals surface area contributed by atoms with Crippen LogP contribution in [0.1, 0.15) is 50.9 Å². The van der Waals surface area contributed by atoms with Gasteiger partial charge in [0.1, 0.15) is 11.9 Å². The molecule has 0 spiro atoms. The maximum Gasteiger partial charge on any atom is 0.237 e. The summed E-state index contributed by atoms with van der Waals surface area (Å²) in [6.45, 7) is 9.10. The fourth-order valence-electron chi connectivity index (χ4n) is 2.14. The normalized spacial score (nSPS) is 22.4. The first-order chi connectivity index (χ1) is 9.15. The Kier molecular flexibility index (Phi) is 4.66. The van der Waals surface area contributed by atoms with E-state index in [0.29, 0.717) is 24.7 Å². The van der Waals surface area contributed by atoms with Crippen LogP contribution < -0.4 is 0 Å². The number of hydrogen-bond acceptors (Lipinski definition) is 6. The van der Waals surface area contributed by atoms with Crippen molar-refractivity contribution in [1.29, 1.82) is 0 Å². The van der Waals surface area contributed by atoms with Gasteiger partial charge in [-0.25, -0.2) is 0 Å². The number of likely N-dealkylation sites (N-methyl/N-ethyl adjacent to an activating group) is 1. The molecular formula is C13H21N3O3. The molecule has 1 aliphatic rings. The molecule has 106 valence electrons. The Morgan fingerprint density at radius 1 is 1.53 bits per heavy atom. The van der Waals surface area contributed by atoms with Gasteiger partial charge in [0.15, 0.2) is 0 Å². The van der Waals surface area contributed by atoms with E-state index in [1.54, 1.807) is 6.92 Å². The summed E-state index contributed by atoms with van der Waals surface area (Å²) < 4.78 is 10.9. The minimum atomic E-state index is -0.336. The van der Waals surface area contributed by atoms with Gasteiger partial charge >= 0.3 is 0 Å². The fourth-order valence-corrected chi connectivity index (χ4v) is 2.14. The molecule has 1 saturated heterocycles. The number of morpholine rings is 1. The van der Waals surface area contributed by atoms with Crippen molar-refractivity contribution in [3.63, 3.8) is 0 Å². The Hall–Kier alpha value is -1.27. The molecule has 6 heteroatoms. The number of carbonyl (C=O) groups excluding carboxylic acids is 1. The Morgan fingerprint density at radius 2 is 2.32 bits per heavy atom. The van der Waals surface area contributed by atoms with E-state index in [4.69, 9.17) is 9.26 Å². The van der Waals surface area contributed by atoms with Gasteiger partial charge in [-0.15, -0.1) is 0 Å². The summed E-state index contributed by atoms with van der Waals surface area (Å²) in [4.78, 5) is 18.2. The predicted octanol–water partition coefficient (Wildman–Crippen LogP) is 1.55. The number of ether oxygens (including phenoxy) is 1. The topological polar surface area (TPSA) is 68.5 Å². The molecule has 1 aromatic heterocycles. The van der Waals surface area contributed by atoms with E-state index in [9.17, 15) is 4.79 Å². The standard InChI is InChI=1S/C13H21N3O3/c1-4-10(17)9(3)13-14-12(15-19-13)11-8-16(5-2)6-7-18-11/h9,11H,4-8H2,1-3H3. The summed E-state index contributed by atoms with van der Waals surface area (Å²) >= 11 is 0. The molecule has 0 saturated carbocycles. The number of aromatic nitrogens is 2. The van der Waals surface area contributed by atoms with E-state index >= 15 is 0 Å². The SMILES string of the molecule is CCC(=O)C(C)c1nc(C2CN(CC)CCO2)no1. The van der Waals surface area contributed by atoms with Crippen LogP contribution in [0.5, 0.6) is 0 Å². The summed E-state index contributed by atoms with van der Waals surface area (Å²) in [5.41, 5.74) is 0. The Bertz CT molecular complexity index is 433. The predicted molar refractivity (Wildman–Crippen MR) is 68.8 cm³/mol. The molecule has 0 N–H and O–H groups in total. The molecule has 0 aliphatic carbocycles. The van der Waals surface area contributed by atoms with Gasteiger partial charge in [0.2, 0.25) is 11.7 Å². The highest BCUT2D eigenvalue weighted by Crippen LogP contribution is 2.22. The van der Waals surface area contributed by atoms with Gasteiger partial charge in [-0.2, -0.15) is 4.98 Å². The van der Waals surface area contributed by atoms with Crippen molar-refractivity contribution in [2.75, 3.05) is 26.2 Å². The number of nitrogens with zero attached hydrogens (tertiary/aromatic N) is 3. The van der Waals surface area contributed by atoms with Crippen LogP contribution in [0.4, 0.5) is 0 Å². The number of rotatable bonds is 5. The van der Waals surface area contributed by atoms with Crippen LogP contribution in [0.15, 0.2) is 4.52 Å². The molecule has 6 nitrogen and oxygen atoms in total. The molecule has 1 fully saturated rings. The third kappa shape index (κ3) is 3.19. The first-order valence-electron chi connectivity index (χ1n) is 6.85. The molecule has 19 heavy (non-hydrogen) atoms. The lowest BCUT2D eigenvalue weighted by atomic mass is 10.1. The van der Waals surface area contributed by atoms with E-state index in [1.807, 2.05) is 6.92 Å². The summed E-state index contributed by atoms with van der Waals surface area (Å²) in [6.07, 6.45) is 0.317. The smallest absolute Gasteiger partial charge is 0.237 e. The van der Waals surface area contributed by atoms with Crippen molar-refractivity contribution < 1.29 is 14.1 Å². The zero-order chi connectivity index (χ0) is 13.8. The van der Waals surface area contributed by atoms with Crippen molar-refractivity contribution >= 4 is 5.78 Å². The maximum atomic E-state index is 11.6. The molecule has 1 aromatic rings. The second-order valence-corrected chi connectivity index (χ2v) is 4.79. The van der Waals surface area contributed by atoms with Crippen LogP contribution in [-0.4, -0.2) is 47.1 Å². The average molecular weight is 267 g/mol. The Labute approximate surface area is 113 Å². The molecule has 0 radical (unpaired) electrons. The van der Waals surface area contributed by atoms with Crippen LogP contribution in [0, 0.1) is 0 Å². The number of hydrogen-bond donors (Lipinski definition) is 0. The molecule has 1 aliphatic heterocycles. The minimum Gasteiger partial charge on any atom is -0.367 e. The summed E-state index contributed by atoms with van der Waals surface area (Å²) in [5, 5.41) is 3.96. The van der Waals surface area contributed by atoms with Crippen molar-refractivity contribution in [3.8, 4) is 0 Å². The second kappa shape index (κ2) is 6.25. The van der Waals surface area contributed by atoms with Crippen molar-refractivity contribution in [2.45, 2.75) is 39.2 Å². The van der Waals surface area contributed by atoms with E-state index < -0.39 is 0 Å². The highest BCUT2D eigenvalue weighted by Gasteiger charge is 2.27. The van der Waals surface area contributed by atoms with Gasteiger partial charge in [0, 0.05) is 19.5 Å². The van der Waals surface area contributed by atoms with Gasteiger partial charge in [-0.1, -0.05) is 19.0 Å². The highest BCUT2D eigenvalue weighted by molar-refractivity contribution is 5.83. The first-order valence-corrected chi connectivity index (χ1v) is 6.85. The van der Waals surface area contributed by atoms with E-state index in [0.717, 1.165) is 19.6 Å². The van der Waals surface area contributed by atoms with E-state index in [1.165, 1.54) is 0 Å². The van der Waals surface area contributed by atoms with Gasteiger partial charge in [-0.05, 0) is 13.5 Å². The summed E-state index contributed by atoms with van der Waals surface area (Å²) in [6, 6.07) is 0. The molecule has 2 unspecified atom stereocenters. The van der Waals surface area contributed by atoms with Crippen LogP contribution in [0.2, 0.25) is 0 Å². The zero-order valence-electron chi connectivity index (χ0n) is 11.8. The van der Waals surface area contributed by atoms with Crippen molar-refractivity contribution in [3.05, 3.63) is 11.7 Å². The van der Waals surface area contributed by atoms with Crippen molar-refractivity contribution in [2.24, 2.45) is 0 Å². The molecule has 0 bridgehead atoms. The van der Waals surface area contributed by atoms with E-state index in [2.05, 4.69) is 22.0 Å². The molecule has 2 atom stereocenters. The largest absolute Gasteiger partial charge is 0.367 e. The third-order valence-electron chi connectivity index (χ3n) is 3.55.